The van der Waals surface area contributed by atoms with Crippen LogP contribution in [-0.4, -0.2) is 48.1 Å². The Bertz CT molecular complexity index is 693. The van der Waals surface area contributed by atoms with Gasteiger partial charge in [0.15, 0.2) is 0 Å². The van der Waals surface area contributed by atoms with Gasteiger partial charge < -0.3 is 19.3 Å². The zero-order valence-corrected chi connectivity index (χ0v) is 12.2. The summed E-state index contributed by atoms with van der Waals surface area (Å²) >= 11 is 0. The van der Waals surface area contributed by atoms with Gasteiger partial charge in [-0.15, -0.1) is 0 Å². The molecule has 0 aromatic rings. The van der Waals surface area contributed by atoms with Crippen molar-refractivity contribution in [2.24, 2.45) is 16.7 Å². The second kappa shape index (κ2) is 3.46. The molecule has 0 bridgehead atoms. The van der Waals surface area contributed by atoms with Crippen LogP contribution in [0.3, 0.4) is 0 Å². The molecule has 0 aromatic heterocycles. The van der Waals surface area contributed by atoms with Crippen molar-refractivity contribution in [3.05, 3.63) is 23.3 Å². The van der Waals surface area contributed by atoms with Crippen molar-refractivity contribution < 1.29 is 28.9 Å². The molecule has 0 amide bonds. The van der Waals surface area contributed by atoms with Gasteiger partial charge in [-0.05, 0) is 24.1 Å². The summed E-state index contributed by atoms with van der Waals surface area (Å²) in [5.41, 5.74) is 0.0369. The van der Waals surface area contributed by atoms with Gasteiger partial charge in [0.2, 0.25) is 0 Å². The average molecular weight is 304 g/mol. The molecule has 116 valence electrons. The molecule has 0 radical (unpaired) electrons. The highest BCUT2D eigenvalue weighted by Crippen LogP contribution is 2.68. The first-order valence-corrected chi connectivity index (χ1v) is 7.53. The van der Waals surface area contributed by atoms with Crippen LogP contribution in [0.5, 0.6) is 0 Å². The largest absolute Gasteiger partial charge is 0.458 e. The first kappa shape index (κ1) is 12.8. The van der Waals surface area contributed by atoms with E-state index < -0.39 is 29.0 Å². The number of rotatable bonds is 0. The minimum Gasteiger partial charge on any atom is -0.458 e. The zero-order chi connectivity index (χ0) is 15.4. The number of epoxide rings is 1. The van der Waals surface area contributed by atoms with Crippen molar-refractivity contribution in [3.8, 4) is 0 Å². The van der Waals surface area contributed by atoms with Gasteiger partial charge in [0, 0.05) is 17.4 Å². The highest BCUT2D eigenvalue weighted by atomic mass is 16.6. The standard InChI is InChI=1S/C16H16O6/c1-15-7-4-9(17)20-5-6(7)3-8-11(15)16(2,14(19)21-8)13-10(22-13)12(15)18/h3-4,8,10-13,18H,5H2,1-2H3/t8-,10+,11-,12-,13+,15-,16-/m1/s1. The molecular formula is C16H16O6. The van der Waals surface area contributed by atoms with Crippen LogP contribution in [-0.2, 0) is 23.8 Å². The highest BCUT2D eigenvalue weighted by Gasteiger charge is 2.79. The molecule has 3 fully saturated rings. The number of carbonyl (C=O) groups is 2. The van der Waals surface area contributed by atoms with E-state index in [9.17, 15) is 14.7 Å². The lowest BCUT2D eigenvalue weighted by atomic mass is 9.49. The van der Waals surface area contributed by atoms with Gasteiger partial charge in [-0.1, -0.05) is 6.92 Å². The third kappa shape index (κ3) is 1.15. The SMILES string of the molecule is C[C@@]12C3=CC(=O)OCC3=C[C@H]3OC(=O)[C@](C)([C@H]31)[C@H]1O[C@H]1[C@H]2O. The molecule has 22 heavy (non-hydrogen) atoms. The fourth-order valence-electron chi connectivity index (χ4n) is 5.19. The Morgan fingerprint density at radius 2 is 2.05 bits per heavy atom. The molecule has 3 aliphatic heterocycles. The van der Waals surface area contributed by atoms with Crippen molar-refractivity contribution in [2.75, 3.05) is 6.61 Å². The fourth-order valence-corrected chi connectivity index (χ4v) is 5.19. The monoisotopic (exact) mass is 304 g/mol. The molecule has 0 unspecified atom stereocenters. The van der Waals surface area contributed by atoms with Crippen LogP contribution in [0.25, 0.3) is 0 Å². The van der Waals surface area contributed by atoms with E-state index in [0.717, 1.165) is 11.1 Å². The second-order valence-corrected chi connectivity index (χ2v) is 7.24. The Morgan fingerprint density at radius 3 is 2.82 bits per heavy atom. The van der Waals surface area contributed by atoms with Crippen LogP contribution in [0.15, 0.2) is 23.3 Å². The molecule has 6 heteroatoms. The van der Waals surface area contributed by atoms with E-state index in [1.165, 1.54) is 6.08 Å². The van der Waals surface area contributed by atoms with Gasteiger partial charge in [0.25, 0.3) is 0 Å². The Hall–Kier alpha value is -1.66. The minimum atomic E-state index is -0.784. The van der Waals surface area contributed by atoms with E-state index in [2.05, 4.69) is 0 Å². The van der Waals surface area contributed by atoms with Crippen LogP contribution in [0.4, 0.5) is 0 Å². The van der Waals surface area contributed by atoms with Crippen LogP contribution in [0.2, 0.25) is 0 Å². The summed E-state index contributed by atoms with van der Waals surface area (Å²) in [5.74, 6) is -0.937. The molecular weight excluding hydrogens is 288 g/mol. The minimum absolute atomic E-state index is 0.152. The Kier molecular flexibility index (Phi) is 2.02. The molecule has 5 aliphatic rings. The number of hydrogen-bond donors (Lipinski definition) is 1. The molecule has 2 aliphatic carbocycles. The molecule has 1 N–H and O–H groups in total. The molecule has 2 saturated heterocycles. The van der Waals surface area contributed by atoms with Crippen LogP contribution < -0.4 is 0 Å². The van der Waals surface area contributed by atoms with Crippen molar-refractivity contribution >= 4 is 11.9 Å². The van der Waals surface area contributed by atoms with E-state index in [1.807, 2.05) is 19.9 Å². The van der Waals surface area contributed by atoms with Crippen molar-refractivity contribution in [1.29, 1.82) is 0 Å². The van der Waals surface area contributed by atoms with E-state index in [1.54, 1.807) is 0 Å². The van der Waals surface area contributed by atoms with Gasteiger partial charge >= 0.3 is 11.9 Å². The lowest BCUT2D eigenvalue weighted by Gasteiger charge is -2.52. The summed E-state index contributed by atoms with van der Waals surface area (Å²) in [6, 6.07) is 0. The maximum atomic E-state index is 12.5. The smallest absolute Gasteiger partial charge is 0.331 e. The highest BCUT2D eigenvalue weighted by molar-refractivity contribution is 5.88. The number of fused-ring (bicyclic) bond motifs is 4. The van der Waals surface area contributed by atoms with Crippen molar-refractivity contribution in [2.45, 2.75) is 38.3 Å². The van der Waals surface area contributed by atoms with E-state index in [-0.39, 0.29) is 30.7 Å². The summed E-state index contributed by atoms with van der Waals surface area (Å²) in [5, 5.41) is 10.9. The topological polar surface area (TPSA) is 85.4 Å². The molecule has 5 rings (SSSR count). The fraction of sp³-hybridized carbons (Fsp3) is 0.625. The normalized spacial score (nSPS) is 54.2. The maximum Gasteiger partial charge on any atom is 0.331 e. The average Bonchev–Trinajstić information content (AvgIpc) is 3.22. The quantitative estimate of drug-likeness (QED) is 0.505. The summed E-state index contributed by atoms with van der Waals surface area (Å²) in [6.07, 6.45) is 1.45. The van der Waals surface area contributed by atoms with Gasteiger partial charge in [0.05, 0.1) is 6.10 Å². The lowest BCUT2D eigenvalue weighted by molar-refractivity contribution is -0.148. The van der Waals surface area contributed by atoms with Gasteiger partial charge in [0.1, 0.15) is 30.3 Å². The summed E-state index contributed by atoms with van der Waals surface area (Å²) < 4.78 is 16.3. The van der Waals surface area contributed by atoms with E-state index in [0.29, 0.717) is 0 Å². The maximum absolute atomic E-state index is 12.5. The summed E-state index contributed by atoms with van der Waals surface area (Å²) in [7, 11) is 0. The predicted octanol–water partition coefficient (Wildman–Crippen LogP) is 0.106. The molecule has 1 saturated carbocycles. The predicted molar refractivity (Wildman–Crippen MR) is 71.4 cm³/mol. The third-order valence-electron chi connectivity index (χ3n) is 6.27. The number of aliphatic hydroxyl groups is 1. The lowest BCUT2D eigenvalue weighted by Crippen LogP contribution is -2.60. The van der Waals surface area contributed by atoms with Gasteiger partial charge in [-0.3, -0.25) is 4.79 Å². The molecule has 0 spiro atoms. The third-order valence-corrected chi connectivity index (χ3v) is 6.27. The number of cyclic esters (lactones) is 1. The first-order valence-electron chi connectivity index (χ1n) is 7.53. The Morgan fingerprint density at radius 1 is 1.27 bits per heavy atom. The molecule has 7 atom stereocenters. The van der Waals surface area contributed by atoms with Gasteiger partial charge in [-0.2, -0.15) is 0 Å². The summed E-state index contributed by atoms with van der Waals surface area (Å²) in [4.78, 5) is 24.2. The number of hydrogen-bond acceptors (Lipinski definition) is 6. The molecule has 0 aromatic carbocycles. The number of esters is 2. The molecule has 3 heterocycles. The zero-order valence-electron chi connectivity index (χ0n) is 12.2. The number of aliphatic hydroxyl groups excluding tert-OH is 1. The first-order chi connectivity index (χ1) is 10.4. The van der Waals surface area contributed by atoms with Gasteiger partial charge in [-0.25, -0.2) is 4.79 Å². The van der Waals surface area contributed by atoms with Crippen LogP contribution >= 0.6 is 0 Å². The number of carbonyl (C=O) groups excluding carboxylic acids is 2. The van der Waals surface area contributed by atoms with Crippen LogP contribution in [0, 0.1) is 16.7 Å². The Balaban J connectivity index is 1.78. The van der Waals surface area contributed by atoms with Crippen molar-refractivity contribution in [3.63, 3.8) is 0 Å². The van der Waals surface area contributed by atoms with E-state index >= 15 is 0 Å². The molecule has 6 nitrogen and oxygen atoms in total. The second-order valence-electron chi connectivity index (χ2n) is 7.24. The summed E-state index contributed by atoms with van der Waals surface area (Å²) in [6.45, 7) is 3.92. The van der Waals surface area contributed by atoms with Crippen molar-refractivity contribution in [1.82, 2.24) is 0 Å². The van der Waals surface area contributed by atoms with E-state index in [4.69, 9.17) is 14.2 Å². The Labute approximate surface area is 126 Å². The van der Waals surface area contributed by atoms with Crippen LogP contribution in [0.1, 0.15) is 13.8 Å². The number of ether oxygens (including phenoxy) is 3.